The van der Waals surface area contributed by atoms with Gasteiger partial charge in [-0.2, -0.15) is 0 Å². The van der Waals surface area contributed by atoms with Crippen molar-refractivity contribution in [1.82, 2.24) is 5.32 Å². The molecule has 1 fully saturated rings. The summed E-state index contributed by atoms with van der Waals surface area (Å²) in [5, 5.41) is 4.22. The molecule has 17 heavy (non-hydrogen) atoms. The lowest BCUT2D eigenvalue weighted by atomic mass is 9.89. The van der Waals surface area contributed by atoms with Gasteiger partial charge in [0.2, 0.25) is 0 Å². The van der Waals surface area contributed by atoms with Gasteiger partial charge in [-0.3, -0.25) is 0 Å². The van der Waals surface area contributed by atoms with Gasteiger partial charge in [-0.15, -0.1) is 0 Å². The van der Waals surface area contributed by atoms with E-state index in [-0.39, 0.29) is 0 Å². The summed E-state index contributed by atoms with van der Waals surface area (Å²) in [5.41, 5.74) is 1.29. The number of nitrogens with one attached hydrogen (secondary N) is 1. The van der Waals surface area contributed by atoms with Gasteiger partial charge in [0.25, 0.3) is 0 Å². The largest absolute Gasteiger partial charge is 0.381 e. The van der Waals surface area contributed by atoms with E-state index in [0.29, 0.717) is 12.0 Å². The van der Waals surface area contributed by atoms with Crippen molar-refractivity contribution in [2.45, 2.75) is 18.9 Å². The van der Waals surface area contributed by atoms with Crippen molar-refractivity contribution in [2.24, 2.45) is 5.92 Å². The molecule has 0 radical (unpaired) electrons. The highest BCUT2D eigenvalue weighted by Crippen LogP contribution is 2.32. The molecule has 0 aromatic heterocycles. The molecule has 1 saturated heterocycles. The van der Waals surface area contributed by atoms with Gasteiger partial charge in [-0.05, 0) is 66.2 Å². The molecule has 4 heteroatoms. The Morgan fingerprint density at radius 1 is 1.53 bits per heavy atom. The molecule has 94 valence electrons. The Hall–Kier alpha value is 0.160. The number of benzene rings is 1. The second kappa shape index (κ2) is 6.36. The van der Waals surface area contributed by atoms with Crippen molar-refractivity contribution in [3.63, 3.8) is 0 Å². The molecule has 1 aromatic rings. The van der Waals surface area contributed by atoms with Crippen molar-refractivity contribution < 1.29 is 4.74 Å². The summed E-state index contributed by atoms with van der Waals surface area (Å²) in [6.45, 7) is 1.74. The zero-order valence-electron chi connectivity index (χ0n) is 9.88. The summed E-state index contributed by atoms with van der Waals surface area (Å²) in [4.78, 5) is 0. The lowest BCUT2D eigenvalue weighted by molar-refractivity contribution is 0.0401. The summed E-state index contributed by atoms with van der Waals surface area (Å²) < 4.78 is 6.84. The van der Waals surface area contributed by atoms with Crippen molar-refractivity contribution in [2.75, 3.05) is 20.3 Å². The quantitative estimate of drug-likeness (QED) is 0.826. The van der Waals surface area contributed by atoms with Crippen molar-refractivity contribution in [3.8, 4) is 0 Å². The van der Waals surface area contributed by atoms with Gasteiger partial charge in [0.1, 0.15) is 0 Å². The predicted octanol–water partition coefficient (Wildman–Crippen LogP) is 3.63. The van der Waals surface area contributed by atoms with Crippen LogP contribution in [0.4, 0.5) is 0 Å². The summed E-state index contributed by atoms with van der Waals surface area (Å²) in [6, 6.07) is 6.42. The Balaban J connectivity index is 2.24. The third kappa shape index (κ3) is 3.34. The van der Waals surface area contributed by atoms with Crippen LogP contribution in [0.1, 0.15) is 24.4 Å². The van der Waals surface area contributed by atoms with Gasteiger partial charge in [-0.1, -0.05) is 11.6 Å². The van der Waals surface area contributed by atoms with Crippen LogP contribution in [0.15, 0.2) is 18.2 Å². The minimum Gasteiger partial charge on any atom is -0.381 e. The van der Waals surface area contributed by atoms with E-state index in [1.165, 1.54) is 15.6 Å². The number of rotatable bonds is 3. The fraction of sp³-hybridized carbons (Fsp3) is 0.538. The Morgan fingerprint density at radius 2 is 2.35 bits per heavy atom. The molecule has 2 unspecified atom stereocenters. The first-order valence-corrected chi connectivity index (χ1v) is 7.38. The molecule has 2 atom stereocenters. The van der Waals surface area contributed by atoms with E-state index < -0.39 is 0 Å². The average molecular weight is 366 g/mol. The third-order valence-corrected chi connectivity index (χ3v) is 4.49. The van der Waals surface area contributed by atoms with E-state index in [1.807, 2.05) is 13.1 Å². The number of hydrogen-bond acceptors (Lipinski definition) is 2. The standard InChI is InChI=1S/C13H17ClINO/c1-16-13(9-3-2-6-17-8-9)11-7-10(14)4-5-12(11)15/h4-5,7,9,13,16H,2-3,6,8H2,1H3. The molecule has 1 aliphatic rings. The molecule has 1 aliphatic heterocycles. The van der Waals surface area contributed by atoms with Crippen LogP contribution in [-0.4, -0.2) is 20.3 Å². The molecule has 0 amide bonds. The SMILES string of the molecule is CNC(c1cc(Cl)ccc1I)C1CCCOC1. The first kappa shape index (κ1) is 13.6. The van der Waals surface area contributed by atoms with Crippen LogP contribution in [0.5, 0.6) is 0 Å². The normalized spacial score (nSPS) is 22.4. The lowest BCUT2D eigenvalue weighted by Gasteiger charge is -2.31. The second-order valence-electron chi connectivity index (χ2n) is 4.41. The first-order chi connectivity index (χ1) is 8.22. The Morgan fingerprint density at radius 3 is 3.00 bits per heavy atom. The van der Waals surface area contributed by atoms with Crippen LogP contribution in [0.25, 0.3) is 0 Å². The van der Waals surface area contributed by atoms with Crippen molar-refractivity contribution >= 4 is 34.2 Å². The molecule has 0 spiro atoms. The van der Waals surface area contributed by atoms with Gasteiger partial charge in [0.15, 0.2) is 0 Å². The molecule has 1 N–H and O–H groups in total. The Kier molecular flexibility index (Phi) is 5.09. The van der Waals surface area contributed by atoms with E-state index in [4.69, 9.17) is 16.3 Å². The molecular weight excluding hydrogens is 349 g/mol. The maximum atomic E-state index is 6.09. The predicted molar refractivity (Wildman–Crippen MR) is 79.5 cm³/mol. The summed E-state index contributed by atoms with van der Waals surface area (Å²) in [5.74, 6) is 0.542. The summed E-state index contributed by atoms with van der Waals surface area (Å²) in [7, 11) is 2.01. The molecule has 0 aliphatic carbocycles. The zero-order chi connectivity index (χ0) is 12.3. The van der Waals surface area contributed by atoms with Crippen LogP contribution >= 0.6 is 34.2 Å². The molecule has 2 rings (SSSR count). The number of halogens is 2. The monoisotopic (exact) mass is 365 g/mol. The van der Waals surface area contributed by atoms with Crippen LogP contribution in [-0.2, 0) is 4.74 Å². The topological polar surface area (TPSA) is 21.3 Å². The fourth-order valence-corrected chi connectivity index (χ4v) is 3.28. The maximum absolute atomic E-state index is 6.09. The molecule has 0 bridgehead atoms. The highest BCUT2D eigenvalue weighted by Gasteiger charge is 2.25. The van der Waals surface area contributed by atoms with Gasteiger partial charge in [0.05, 0.1) is 6.61 Å². The van der Waals surface area contributed by atoms with Gasteiger partial charge >= 0.3 is 0 Å². The summed E-state index contributed by atoms with van der Waals surface area (Å²) >= 11 is 8.47. The molecular formula is C13H17ClINO. The van der Waals surface area contributed by atoms with E-state index in [9.17, 15) is 0 Å². The van der Waals surface area contributed by atoms with E-state index in [0.717, 1.165) is 24.7 Å². The van der Waals surface area contributed by atoms with Crippen LogP contribution in [0.2, 0.25) is 5.02 Å². The fourth-order valence-electron chi connectivity index (χ4n) is 2.43. The highest BCUT2D eigenvalue weighted by molar-refractivity contribution is 14.1. The van der Waals surface area contributed by atoms with Crippen molar-refractivity contribution in [3.05, 3.63) is 32.4 Å². The smallest absolute Gasteiger partial charge is 0.0512 e. The first-order valence-electron chi connectivity index (χ1n) is 5.92. The maximum Gasteiger partial charge on any atom is 0.0512 e. The van der Waals surface area contributed by atoms with Gasteiger partial charge < -0.3 is 10.1 Å². The highest BCUT2D eigenvalue weighted by atomic mass is 127. The van der Waals surface area contributed by atoms with E-state index >= 15 is 0 Å². The van der Waals surface area contributed by atoms with Gasteiger partial charge in [0, 0.05) is 27.2 Å². The molecule has 1 aromatic carbocycles. The number of hydrogen-bond donors (Lipinski definition) is 1. The third-order valence-electron chi connectivity index (χ3n) is 3.27. The molecule has 2 nitrogen and oxygen atoms in total. The van der Waals surface area contributed by atoms with Crippen molar-refractivity contribution in [1.29, 1.82) is 0 Å². The zero-order valence-corrected chi connectivity index (χ0v) is 12.8. The average Bonchev–Trinajstić information content (AvgIpc) is 2.36. The lowest BCUT2D eigenvalue weighted by Crippen LogP contribution is -2.31. The Labute approximate surface area is 121 Å². The molecule has 1 heterocycles. The minimum absolute atomic E-state index is 0.334. The summed E-state index contributed by atoms with van der Waals surface area (Å²) in [6.07, 6.45) is 2.37. The van der Waals surface area contributed by atoms with E-state index in [2.05, 4.69) is 40.0 Å². The van der Waals surface area contributed by atoms with E-state index in [1.54, 1.807) is 0 Å². The van der Waals surface area contributed by atoms with Crippen LogP contribution in [0.3, 0.4) is 0 Å². The van der Waals surface area contributed by atoms with Crippen LogP contribution in [0, 0.1) is 9.49 Å². The van der Waals surface area contributed by atoms with Crippen LogP contribution < -0.4 is 5.32 Å². The van der Waals surface area contributed by atoms with Gasteiger partial charge in [-0.25, -0.2) is 0 Å². The number of ether oxygens (including phenoxy) is 1. The molecule has 0 saturated carbocycles. The second-order valence-corrected chi connectivity index (χ2v) is 6.01. The minimum atomic E-state index is 0.334. The Bertz CT molecular complexity index is 380.